The van der Waals surface area contributed by atoms with E-state index in [0.717, 1.165) is 16.7 Å². The molecule has 264 valence electrons. The Morgan fingerprint density at radius 2 is 1.61 bits per heavy atom. The van der Waals surface area contributed by atoms with Crippen molar-refractivity contribution in [1.82, 2.24) is 19.5 Å². The molecule has 14 heteroatoms. The third kappa shape index (κ3) is 6.49. The summed E-state index contributed by atoms with van der Waals surface area (Å²) in [6.07, 6.45) is -1.16. The molecular formula is C37H38N6O8. The van der Waals surface area contributed by atoms with E-state index in [-0.39, 0.29) is 43.4 Å². The summed E-state index contributed by atoms with van der Waals surface area (Å²) in [5.41, 5.74) is 5.61. The summed E-state index contributed by atoms with van der Waals surface area (Å²) >= 11 is 0. The number of ketones is 1. The molecule has 0 amide bonds. The molecule has 0 radical (unpaired) electrons. The summed E-state index contributed by atoms with van der Waals surface area (Å²) < 4.78 is 37.5. The molecule has 1 fully saturated rings. The number of aliphatic hydroxyl groups excluding tert-OH is 1. The maximum Gasteiger partial charge on any atom is 0.236 e. The highest BCUT2D eigenvalue weighted by Gasteiger charge is 2.61. The molecule has 0 saturated carbocycles. The van der Waals surface area contributed by atoms with E-state index in [2.05, 4.69) is 15.0 Å². The SMILES string of the molecule is COc1ccc(C(OC[C@H]2O[C@@](C(C)=O)(n3cnc4c(N)ncnc43)[C@H](OCOCCC#N)[C@@H]2O)(c2ccccc2)c2ccc(OC)cc2)cc1. The predicted octanol–water partition coefficient (Wildman–Crippen LogP) is 3.71. The fourth-order valence-corrected chi connectivity index (χ4v) is 6.46. The first-order chi connectivity index (χ1) is 24.8. The van der Waals surface area contributed by atoms with Crippen LogP contribution in [-0.2, 0) is 35.1 Å². The van der Waals surface area contributed by atoms with Crippen LogP contribution in [-0.4, -0.2) is 82.9 Å². The first-order valence-corrected chi connectivity index (χ1v) is 16.2. The molecule has 1 aliphatic heterocycles. The van der Waals surface area contributed by atoms with Crippen molar-refractivity contribution in [3.05, 3.63) is 108 Å². The zero-order chi connectivity index (χ0) is 36.0. The van der Waals surface area contributed by atoms with E-state index in [4.69, 9.17) is 39.4 Å². The van der Waals surface area contributed by atoms with Crippen LogP contribution in [0.5, 0.6) is 11.5 Å². The largest absolute Gasteiger partial charge is 0.497 e. The van der Waals surface area contributed by atoms with Crippen molar-refractivity contribution in [2.75, 3.05) is 40.0 Å². The maximum absolute atomic E-state index is 13.8. The van der Waals surface area contributed by atoms with E-state index in [1.54, 1.807) is 14.2 Å². The van der Waals surface area contributed by atoms with Crippen molar-refractivity contribution in [2.45, 2.75) is 43.0 Å². The number of nitrogens with zero attached hydrogens (tertiary/aromatic N) is 5. The molecule has 3 N–H and O–H groups in total. The highest BCUT2D eigenvalue weighted by atomic mass is 16.7. The Hall–Kier alpha value is -5.43. The van der Waals surface area contributed by atoms with E-state index in [9.17, 15) is 9.90 Å². The molecule has 2 aromatic heterocycles. The molecule has 1 aliphatic rings. The third-order valence-electron chi connectivity index (χ3n) is 8.96. The number of benzene rings is 3. The number of hydrogen-bond acceptors (Lipinski definition) is 13. The number of fused-ring (bicyclic) bond motifs is 1. The van der Waals surface area contributed by atoms with E-state index in [1.165, 1.54) is 24.1 Å². The number of nitrogen functional groups attached to an aromatic ring is 1. The molecule has 3 heterocycles. The number of anilines is 1. The number of nitriles is 1. The van der Waals surface area contributed by atoms with Crippen molar-refractivity contribution in [1.29, 1.82) is 5.26 Å². The van der Waals surface area contributed by atoms with Gasteiger partial charge >= 0.3 is 0 Å². The number of nitrogens with two attached hydrogens (primary N) is 1. The van der Waals surface area contributed by atoms with Crippen LogP contribution in [0.2, 0.25) is 0 Å². The summed E-state index contributed by atoms with van der Waals surface area (Å²) in [6, 6.07) is 26.7. The number of aromatic nitrogens is 4. The standard InChI is InChI=1S/C37H38N6O8/c1-24(44)37(43-22-42-31-34(39)40-21-41-35(31)43)33(49-23-48-19-7-18-38)32(45)30(51-37)20-50-36(25-8-5-4-6-9-25,26-10-14-28(46-2)15-11-26)27-12-16-29(47-3)17-13-27/h4-6,8-17,21-22,30,32-33,45H,7,19-20,23H2,1-3H3,(H2,39,40,41)/t30-,32-,33-,37-/m1/s1. The minimum Gasteiger partial charge on any atom is -0.497 e. The van der Waals surface area contributed by atoms with Crippen molar-refractivity contribution in [2.24, 2.45) is 0 Å². The Balaban J connectivity index is 1.45. The number of methoxy groups -OCH3 is 2. The Morgan fingerprint density at radius 1 is 0.980 bits per heavy atom. The van der Waals surface area contributed by atoms with Gasteiger partial charge in [-0.25, -0.2) is 15.0 Å². The minimum absolute atomic E-state index is 0.0842. The quantitative estimate of drug-likeness (QED) is 0.0919. The van der Waals surface area contributed by atoms with Crippen LogP contribution in [0.4, 0.5) is 5.82 Å². The van der Waals surface area contributed by atoms with Gasteiger partial charge in [-0.15, -0.1) is 0 Å². The smallest absolute Gasteiger partial charge is 0.236 e. The summed E-state index contributed by atoms with van der Waals surface area (Å²) in [7, 11) is 3.19. The predicted molar refractivity (Wildman–Crippen MR) is 183 cm³/mol. The lowest BCUT2D eigenvalue weighted by atomic mass is 9.80. The molecule has 0 spiro atoms. The monoisotopic (exact) mass is 694 g/mol. The van der Waals surface area contributed by atoms with Gasteiger partial charge < -0.3 is 39.3 Å². The Kier molecular flexibility index (Phi) is 10.6. The van der Waals surface area contributed by atoms with E-state index in [0.29, 0.717) is 11.5 Å². The Bertz CT molecular complexity index is 1940. The van der Waals surface area contributed by atoms with Crippen LogP contribution in [0, 0.1) is 11.3 Å². The number of carbonyl (C=O) groups excluding carboxylic acids is 1. The van der Waals surface area contributed by atoms with Crippen LogP contribution in [0.15, 0.2) is 91.5 Å². The number of imidazole rings is 1. The summed E-state index contributed by atoms with van der Waals surface area (Å²) in [4.78, 5) is 26.5. The fraction of sp³-hybridized carbons (Fsp3) is 0.324. The molecule has 0 aliphatic carbocycles. The van der Waals surface area contributed by atoms with E-state index in [1.807, 2.05) is 84.9 Å². The lowest BCUT2D eigenvalue weighted by molar-refractivity contribution is -0.196. The van der Waals surface area contributed by atoms with Gasteiger partial charge in [0, 0.05) is 0 Å². The van der Waals surface area contributed by atoms with Crippen molar-refractivity contribution < 1.29 is 38.3 Å². The normalized spacial score (nSPS) is 20.3. The molecule has 6 rings (SSSR count). The number of ether oxygens (including phenoxy) is 6. The van der Waals surface area contributed by atoms with Gasteiger partial charge in [0.1, 0.15) is 60.4 Å². The van der Waals surface area contributed by atoms with Gasteiger partial charge in [-0.2, -0.15) is 5.26 Å². The summed E-state index contributed by atoms with van der Waals surface area (Å²) in [5.74, 6) is 0.900. The lowest BCUT2D eigenvalue weighted by Gasteiger charge is -2.37. The first kappa shape index (κ1) is 35.4. The van der Waals surface area contributed by atoms with Gasteiger partial charge in [-0.05, 0) is 47.9 Å². The molecule has 1 saturated heterocycles. The molecular weight excluding hydrogens is 656 g/mol. The minimum atomic E-state index is -1.97. The highest BCUT2D eigenvalue weighted by molar-refractivity contribution is 5.88. The number of carbonyl (C=O) groups is 1. The van der Waals surface area contributed by atoms with Gasteiger partial charge in [0.25, 0.3) is 0 Å². The molecule has 4 atom stereocenters. The van der Waals surface area contributed by atoms with Crippen LogP contribution in [0.1, 0.15) is 30.0 Å². The highest BCUT2D eigenvalue weighted by Crippen LogP contribution is 2.45. The van der Waals surface area contributed by atoms with Gasteiger partial charge in [-0.3, -0.25) is 9.36 Å². The second kappa shape index (κ2) is 15.2. The van der Waals surface area contributed by atoms with Crippen LogP contribution >= 0.6 is 0 Å². The van der Waals surface area contributed by atoms with Gasteiger partial charge in [0.05, 0.1) is 39.9 Å². The molecule has 3 aromatic carbocycles. The first-order valence-electron chi connectivity index (χ1n) is 16.2. The zero-order valence-corrected chi connectivity index (χ0v) is 28.3. The van der Waals surface area contributed by atoms with Crippen molar-refractivity contribution in [3.63, 3.8) is 0 Å². The molecule has 0 unspecified atom stereocenters. The average Bonchev–Trinajstić information content (AvgIpc) is 3.73. The van der Waals surface area contributed by atoms with Gasteiger partial charge in [0.15, 0.2) is 17.2 Å². The third-order valence-corrected chi connectivity index (χ3v) is 8.96. The molecule has 51 heavy (non-hydrogen) atoms. The molecule has 5 aromatic rings. The average molecular weight is 695 g/mol. The molecule has 14 nitrogen and oxygen atoms in total. The van der Waals surface area contributed by atoms with Crippen LogP contribution < -0.4 is 15.2 Å². The van der Waals surface area contributed by atoms with Crippen molar-refractivity contribution >= 4 is 22.8 Å². The topological polar surface area (TPSA) is 186 Å². The number of rotatable bonds is 15. The summed E-state index contributed by atoms with van der Waals surface area (Å²) in [5, 5.41) is 20.9. The Labute approximate surface area is 294 Å². The van der Waals surface area contributed by atoms with Crippen LogP contribution in [0.3, 0.4) is 0 Å². The molecule has 0 bridgehead atoms. The number of hydrogen-bond donors (Lipinski definition) is 2. The summed E-state index contributed by atoms with van der Waals surface area (Å²) in [6.45, 7) is 0.843. The second-order valence-corrected chi connectivity index (χ2v) is 11.8. The number of aliphatic hydroxyl groups is 1. The Morgan fingerprint density at radius 3 is 2.20 bits per heavy atom. The lowest BCUT2D eigenvalue weighted by Crippen LogP contribution is -2.52. The second-order valence-electron chi connectivity index (χ2n) is 11.8. The van der Waals surface area contributed by atoms with E-state index < -0.39 is 35.4 Å². The van der Waals surface area contributed by atoms with Gasteiger partial charge in [-0.1, -0.05) is 54.6 Å². The fourth-order valence-electron chi connectivity index (χ4n) is 6.46. The van der Waals surface area contributed by atoms with E-state index >= 15 is 0 Å². The van der Waals surface area contributed by atoms with Crippen LogP contribution in [0.25, 0.3) is 11.2 Å². The number of Topliss-reactive ketones (excluding diaryl/α,β-unsaturated/α-hetero) is 1. The van der Waals surface area contributed by atoms with Crippen molar-refractivity contribution in [3.8, 4) is 17.6 Å². The van der Waals surface area contributed by atoms with Gasteiger partial charge in [0.2, 0.25) is 5.72 Å². The maximum atomic E-state index is 13.8. The zero-order valence-electron chi connectivity index (χ0n) is 28.3.